The lowest BCUT2D eigenvalue weighted by Crippen LogP contribution is -2.46. The maximum Gasteiger partial charge on any atom is 0.231 e. The predicted molar refractivity (Wildman–Crippen MR) is 110 cm³/mol. The standard InChI is InChI=1S/C23H28N2O3/c1-15-22(16-6-8-17(9-7-16)24(2)3)18-12-20-21(27-14-26-20)13-19(18)28-23(15)25-10-4-5-11-25/h6-9,12-13,15,22-23H,4-5,10-11,14H2,1-3H3/t15-,22+,23-/m0/s1. The van der Waals surface area contributed by atoms with E-state index in [9.17, 15) is 0 Å². The van der Waals surface area contributed by atoms with E-state index in [0.717, 1.165) is 30.3 Å². The van der Waals surface area contributed by atoms with Gasteiger partial charge in [0.15, 0.2) is 17.7 Å². The van der Waals surface area contributed by atoms with Gasteiger partial charge in [0.25, 0.3) is 0 Å². The molecule has 0 unspecified atom stereocenters. The molecule has 5 heteroatoms. The molecule has 0 bridgehead atoms. The summed E-state index contributed by atoms with van der Waals surface area (Å²) in [5, 5.41) is 0. The third-order valence-electron chi connectivity index (χ3n) is 6.33. The molecule has 3 atom stereocenters. The first kappa shape index (κ1) is 17.7. The van der Waals surface area contributed by atoms with Crippen LogP contribution in [0.3, 0.4) is 0 Å². The highest BCUT2D eigenvalue weighted by Gasteiger charge is 2.41. The molecule has 2 aromatic carbocycles. The molecule has 1 fully saturated rings. The zero-order valence-electron chi connectivity index (χ0n) is 16.9. The van der Waals surface area contributed by atoms with Gasteiger partial charge < -0.3 is 19.1 Å². The van der Waals surface area contributed by atoms with Gasteiger partial charge in [0, 0.05) is 56.3 Å². The van der Waals surface area contributed by atoms with Crippen molar-refractivity contribution in [2.75, 3.05) is 38.9 Å². The molecule has 0 spiro atoms. The Kier molecular flexibility index (Phi) is 4.35. The molecular weight excluding hydrogens is 352 g/mol. The Bertz CT molecular complexity index is 859. The molecule has 0 aliphatic carbocycles. The molecule has 28 heavy (non-hydrogen) atoms. The molecule has 2 aromatic rings. The summed E-state index contributed by atoms with van der Waals surface area (Å²) in [6, 6.07) is 13.1. The van der Waals surface area contributed by atoms with E-state index in [1.165, 1.54) is 29.7 Å². The van der Waals surface area contributed by atoms with Crippen molar-refractivity contribution in [2.24, 2.45) is 5.92 Å². The lowest BCUT2D eigenvalue weighted by atomic mass is 9.78. The first-order valence-corrected chi connectivity index (χ1v) is 10.2. The highest BCUT2D eigenvalue weighted by atomic mass is 16.7. The second-order valence-corrected chi connectivity index (χ2v) is 8.32. The molecule has 3 aliphatic rings. The molecule has 0 amide bonds. The van der Waals surface area contributed by atoms with Crippen LogP contribution in [0.4, 0.5) is 5.69 Å². The van der Waals surface area contributed by atoms with E-state index < -0.39 is 0 Å². The van der Waals surface area contributed by atoms with Crippen LogP contribution in [-0.2, 0) is 0 Å². The maximum atomic E-state index is 6.55. The van der Waals surface area contributed by atoms with Gasteiger partial charge in [-0.2, -0.15) is 0 Å². The summed E-state index contributed by atoms with van der Waals surface area (Å²) in [5.41, 5.74) is 3.74. The Labute approximate surface area is 166 Å². The van der Waals surface area contributed by atoms with Crippen molar-refractivity contribution >= 4 is 5.69 Å². The molecule has 0 aromatic heterocycles. The van der Waals surface area contributed by atoms with Gasteiger partial charge >= 0.3 is 0 Å². The van der Waals surface area contributed by atoms with Gasteiger partial charge in [-0.1, -0.05) is 19.1 Å². The van der Waals surface area contributed by atoms with E-state index in [1.54, 1.807) is 0 Å². The second-order valence-electron chi connectivity index (χ2n) is 8.32. The van der Waals surface area contributed by atoms with Gasteiger partial charge in [0.1, 0.15) is 5.75 Å². The minimum Gasteiger partial charge on any atom is -0.474 e. The Balaban J connectivity index is 1.58. The second kappa shape index (κ2) is 6.89. The molecule has 0 radical (unpaired) electrons. The molecule has 1 saturated heterocycles. The molecule has 3 aliphatic heterocycles. The van der Waals surface area contributed by atoms with Crippen molar-refractivity contribution < 1.29 is 14.2 Å². The summed E-state index contributed by atoms with van der Waals surface area (Å²) in [5.74, 6) is 3.15. The van der Waals surface area contributed by atoms with Crippen LogP contribution in [0.15, 0.2) is 36.4 Å². The van der Waals surface area contributed by atoms with Crippen molar-refractivity contribution in [2.45, 2.75) is 31.9 Å². The molecule has 5 rings (SSSR count). The van der Waals surface area contributed by atoms with Gasteiger partial charge in [0.2, 0.25) is 6.79 Å². The summed E-state index contributed by atoms with van der Waals surface area (Å²) >= 11 is 0. The van der Waals surface area contributed by atoms with Crippen LogP contribution >= 0.6 is 0 Å². The Morgan fingerprint density at radius 2 is 1.61 bits per heavy atom. The van der Waals surface area contributed by atoms with Crippen LogP contribution in [0.2, 0.25) is 0 Å². The number of hydrogen-bond donors (Lipinski definition) is 0. The average molecular weight is 380 g/mol. The van der Waals surface area contributed by atoms with Gasteiger partial charge in [-0.3, -0.25) is 4.90 Å². The monoisotopic (exact) mass is 380 g/mol. The van der Waals surface area contributed by atoms with Crippen molar-refractivity contribution in [3.8, 4) is 17.2 Å². The summed E-state index contributed by atoms with van der Waals surface area (Å²) in [7, 11) is 4.15. The highest BCUT2D eigenvalue weighted by molar-refractivity contribution is 5.57. The van der Waals surface area contributed by atoms with Gasteiger partial charge in [0.05, 0.1) is 0 Å². The zero-order chi connectivity index (χ0) is 19.3. The number of ether oxygens (including phenoxy) is 3. The van der Waals surface area contributed by atoms with Crippen molar-refractivity contribution in [1.82, 2.24) is 4.90 Å². The predicted octanol–water partition coefficient (Wildman–Crippen LogP) is 4.06. The number of benzene rings is 2. The van der Waals surface area contributed by atoms with Crippen molar-refractivity contribution in [1.29, 1.82) is 0 Å². The summed E-state index contributed by atoms with van der Waals surface area (Å²) < 4.78 is 17.8. The normalized spacial score (nSPS) is 26.0. The van der Waals surface area contributed by atoms with Crippen LogP contribution in [0.25, 0.3) is 0 Å². The summed E-state index contributed by atoms with van der Waals surface area (Å²) in [6.45, 7) is 4.83. The number of likely N-dealkylation sites (tertiary alicyclic amines) is 1. The van der Waals surface area contributed by atoms with Crippen LogP contribution < -0.4 is 19.1 Å². The first-order valence-electron chi connectivity index (χ1n) is 10.2. The third kappa shape index (κ3) is 2.89. The fourth-order valence-electron chi connectivity index (χ4n) is 4.84. The number of fused-ring (bicyclic) bond motifs is 2. The van der Waals surface area contributed by atoms with E-state index in [4.69, 9.17) is 14.2 Å². The fourth-order valence-corrected chi connectivity index (χ4v) is 4.84. The van der Waals surface area contributed by atoms with Crippen LogP contribution in [-0.4, -0.2) is 45.1 Å². The van der Waals surface area contributed by atoms with Crippen molar-refractivity contribution in [3.05, 3.63) is 47.5 Å². The lowest BCUT2D eigenvalue weighted by Gasteiger charge is -2.42. The molecule has 148 valence electrons. The average Bonchev–Trinajstić information content (AvgIpc) is 3.38. The van der Waals surface area contributed by atoms with Crippen LogP contribution in [0.1, 0.15) is 36.8 Å². The molecule has 0 N–H and O–H groups in total. The number of hydrogen-bond acceptors (Lipinski definition) is 5. The number of anilines is 1. The Hall–Kier alpha value is -2.40. The Morgan fingerprint density at radius 3 is 2.29 bits per heavy atom. The van der Waals surface area contributed by atoms with Crippen LogP contribution in [0.5, 0.6) is 17.2 Å². The van der Waals surface area contributed by atoms with E-state index in [-0.39, 0.29) is 18.9 Å². The quantitative estimate of drug-likeness (QED) is 0.802. The van der Waals surface area contributed by atoms with E-state index in [2.05, 4.69) is 61.2 Å². The SMILES string of the molecule is C[C@H]1[C@H](c2ccc(N(C)C)cc2)c2cc3c(cc2O[C@@H]1N1CCCC1)OCO3. The largest absolute Gasteiger partial charge is 0.474 e. The minimum absolute atomic E-state index is 0.0916. The number of nitrogens with zero attached hydrogens (tertiary/aromatic N) is 2. The summed E-state index contributed by atoms with van der Waals surface area (Å²) in [6.07, 6.45) is 2.60. The van der Waals surface area contributed by atoms with E-state index in [0.29, 0.717) is 5.92 Å². The minimum atomic E-state index is 0.0916. The molecule has 5 nitrogen and oxygen atoms in total. The first-order chi connectivity index (χ1) is 13.6. The topological polar surface area (TPSA) is 34.2 Å². The maximum absolute atomic E-state index is 6.55. The zero-order valence-corrected chi connectivity index (χ0v) is 16.9. The van der Waals surface area contributed by atoms with Gasteiger partial charge in [-0.25, -0.2) is 0 Å². The molecular formula is C23H28N2O3. The highest BCUT2D eigenvalue weighted by Crippen LogP contribution is 2.50. The van der Waals surface area contributed by atoms with E-state index in [1.807, 2.05) is 6.07 Å². The fraction of sp³-hybridized carbons (Fsp3) is 0.478. The smallest absolute Gasteiger partial charge is 0.231 e. The molecule has 0 saturated carbocycles. The van der Waals surface area contributed by atoms with Gasteiger partial charge in [-0.15, -0.1) is 0 Å². The summed E-state index contributed by atoms with van der Waals surface area (Å²) in [4.78, 5) is 4.63. The lowest BCUT2D eigenvalue weighted by molar-refractivity contribution is -0.0177. The van der Waals surface area contributed by atoms with Crippen LogP contribution in [0, 0.1) is 5.92 Å². The Morgan fingerprint density at radius 1 is 0.929 bits per heavy atom. The van der Waals surface area contributed by atoms with E-state index >= 15 is 0 Å². The third-order valence-corrected chi connectivity index (χ3v) is 6.33. The van der Waals surface area contributed by atoms with Gasteiger partial charge in [-0.05, 0) is 36.6 Å². The molecule has 3 heterocycles. The number of rotatable bonds is 3. The van der Waals surface area contributed by atoms with Crippen molar-refractivity contribution in [3.63, 3.8) is 0 Å².